The number of halogens is 1. The monoisotopic (exact) mass is 936 g/mol. The lowest BCUT2D eigenvalue weighted by molar-refractivity contribution is -0.0450. The van der Waals surface area contributed by atoms with Crippen LogP contribution in [0.2, 0.25) is 0 Å². The van der Waals surface area contributed by atoms with Gasteiger partial charge in [0.25, 0.3) is 5.56 Å². The minimum Gasteiger partial charge on any atom is -0.390 e. The summed E-state index contributed by atoms with van der Waals surface area (Å²) in [5.74, 6) is 0. The molecule has 0 aromatic carbocycles. The third kappa shape index (κ3) is 23.1. The minimum atomic E-state index is -5.60. The number of hydrogen-bond donors (Lipinski definition) is 4. The van der Waals surface area contributed by atoms with Crippen molar-refractivity contribution >= 4 is 45.5 Å². The average Bonchev–Trinajstić information content (AvgIpc) is 3.51. The molecule has 2 heterocycles. The molecule has 4 unspecified atom stereocenters. The molecular formula is C37H68BrN2O14P3. The number of nitrogens with zero attached hydrogens (tertiary/aromatic N) is 1. The van der Waals surface area contributed by atoms with E-state index in [1.165, 1.54) is 87.9 Å². The van der Waals surface area contributed by atoms with Crippen molar-refractivity contribution in [1.82, 2.24) is 9.55 Å². The summed E-state index contributed by atoms with van der Waals surface area (Å²) in [5, 5.41) is 10.5. The van der Waals surface area contributed by atoms with Crippen molar-refractivity contribution in [2.75, 3.05) is 19.8 Å². The quantitative estimate of drug-likeness (QED) is 0.0367. The maximum Gasteiger partial charge on any atom is 0.490 e. The molecule has 16 nitrogen and oxygen atoms in total. The van der Waals surface area contributed by atoms with E-state index < -0.39 is 59.8 Å². The van der Waals surface area contributed by atoms with Crippen LogP contribution in [0.3, 0.4) is 0 Å². The number of aliphatic hydroxyl groups is 1. The van der Waals surface area contributed by atoms with Crippen LogP contribution in [0.1, 0.15) is 173 Å². The Kier molecular flexibility index (Phi) is 27.1. The Hall–Kier alpha value is -0.770. The van der Waals surface area contributed by atoms with E-state index in [2.05, 4.69) is 39.1 Å². The lowest BCUT2D eigenvalue weighted by Crippen LogP contribution is -2.33. The van der Waals surface area contributed by atoms with E-state index in [-0.39, 0.29) is 25.2 Å². The van der Waals surface area contributed by atoms with Gasteiger partial charge in [-0.25, -0.2) is 18.5 Å². The lowest BCUT2D eigenvalue weighted by atomic mass is 10.0. The molecule has 1 aliphatic rings. The van der Waals surface area contributed by atoms with Crippen LogP contribution in [0.15, 0.2) is 20.8 Å². The topological polar surface area (TPSA) is 222 Å². The van der Waals surface area contributed by atoms with Gasteiger partial charge in [0, 0.05) is 12.6 Å². The van der Waals surface area contributed by atoms with Gasteiger partial charge in [-0.2, -0.15) is 8.62 Å². The second-order valence-corrected chi connectivity index (χ2v) is 19.9. The predicted octanol–water partition coefficient (Wildman–Crippen LogP) is 10.6. The van der Waals surface area contributed by atoms with Gasteiger partial charge in [0.2, 0.25) is 0 Å². The van der Waals surface area contributed by atoms with E-state index >= 15 is 0 Å². The van der Waals surface area contributed by atoms with Gasteiger partial charge in [0.15, 0.2) is 0 Å². The number of phosphoric acid groups is 3. The zero-order valence-electron chi connectivity index (χ0n) is 33.8. The average molecular weight is 938 g/mol. The summed E-state index contributed by atoms with van der Waals surface area (Å²) in [6.45, 7) is 3.30. The van der Waals surface area contributed by atoms with Gasteiger partial charge in [0.1, 0.15) is 12.3 Å². The fourth-order valence-corrected chi connectivity index (χ4v) is 10.8. The molecule has 1 fully saturated rings. The Morgan fingerprint density at radius 3 is 1.65 bits per heavy atom. The maximum atomic E-state index is 13.5. The highest BCUT2D eigenvalue weighted by Gasteiger charge is 2.45. The Balaban J connectivity index is 1.82. The number of aromatic amines is 1. The number of rotatable bonds is 35. The Labute approximate surface area is 346 Å². The number of aliphatic hydroxyl groups excluding tert-OH is 1. The number of phosphoric ester groups is 2. The molecule has 0 aliphatic carbocycles. The summed E-state index contributed by atoms with van der Waals surface area (Å²) < 4.78 is 70.5. The number of ether oxygens (including phenoxy) is 1. The molecule has 0 bridgehead atoms. The van der Waals surface area contributed by atoms with Gasteiger partial charge < -0.3 is 19.6 Å². The van der Waals surface area contributed by atoms with Crippen LogP contribution in [0.4, 0.5) is 0 Å². The third-order valence-electron chi connectivity index (χ3n) is 9.56. The van der Waals surface area contributed by atoms with E-state index in [9.17, 15) is 38.2 Å². The zero-order valence-corrected chi connectivity index (χ0v) is 38.1. The second-order valence-electron chi connectivity index (χ2n) is 14.6. The third-order valence-corrected chi connectivity index (χ3v) is 14.6. The van der Waals surface area contributed by atoms with E-state index in [1.54, 1.807) is 0 Å². The van der Waals surface area contributed by atoms with Crippen LogP contribution in [-0.4, -0.2) is 56.5 Å². The molecule has 57 heavy (non-hydrogen) atoms. The summed E-state index contributed by atoms with van der Waals surface area (Å²) in [5.41, 5.74) is -1.36. The number of unbranched alkanes of at least 4 members (excludes halogenated alkanes) is 20. The Bertz CT molecular complexity index is 1540. The van der Waals surface area contributed by atoms with Crippen molar-refractivity contribution in [3.8, 4) is 0 Å². The van der Waals surface area contributed by atoms with Gasteiger partial charge in [-0.05, 0) is 23.9 Å². The van der Waals surface area contributed by atoms with Crippen molar-refractivity contribution in [3.05, 3.63) is 37.6 Å². The fraction of sp³-hybridized carbons (Fsp3) is 0.838. The first kappa shape index (κ1) is 52.4. The predicted molar refractivity (Wildman–Crippen MR) is 224 cm³/mol. The minimum absolute atomic E-state index is 0.107. The van der Waals surface area contributed by atoms with E-state index in [4.69, 9.17) is 22.6 Å². The smallest absolute Gasteiger partial charge is 0.390 e. The van der Waals surface area contributed by atoms with Crippen LogP contribution in [-0.2, 0) is 40.6 Å². The van der Waals surface area contributed by atoms with Crippen LogP contribution in [0.25, 0.3) is 6.08 Å². The van der Waals surface area contributed by atoms with E-state index in [1.807, 2.05) is 0 Å². The lowest BCUT2D eigenvalue weighted by Gasteiger charge is -2.22. The van der Waals surface area contributed by atoms with Gasteiger partial charge in [-0.1, -0.05) is 158 Å². The highest BCUT2D eigenvalue weighted by molar-refractivity contribution is 9.11. The van der Waals surface area contributed by atoms with Gasteiger partial charge >= 0.3 is 29.2 Å². The highest BCUT2D eigenvalue weighted by Crippen LogP contribution is 2.69. The number of aromatic nitrogens is 2. The molecule has 1 saturated heterocycles. The summed E-state index contributed by atoms with van der Waals surface area (Å²) >= 11 is 3.06. The summed E-state index contributed by atoms with van der Waals surface area (Å²) in [4.78, 5) is 48.6. The van der Waals surface area contributed by atoms with Crippen molar-refractivity contribution in [3.63, 3.8) is 0 Å². The zero-order chi connectivity index (χ0) is 42.0. The van der Waals surface area contributed by atoms with Crippen molar-refractivity contribution < 1.29 is 55.5 Å². The van der Waals surface area contributed by atoms with Gasteiger partial charge in [0.05, 0.1) is 31.5 Å². The largest absolute Gasteiger partial charge is 0.490 e. The van der Waals surface area contributed by atoms with E-state index in [0.29, 0.717) is 12.8 Å². The first-order valence-electron chi connectivity index (χ1n) is 20.8. The molecule has 0 radical (unpaired) electrons. The molecule has 1 aromatic rings. The Morgan fingerprint density at radius 1 is 0.737 bits per heavy atom. The normalized spacial score (nSPS) is 20.5. The number of nitrogens with one attached hydrogen (secondary N) is 1. The highest BCUT2D eigenvalue weighted by atomic mass is 79.9. The molecule has 332 valence electrons. The van der Waals surface area contributed by atoms with Crippen LogP contribution in [0.5, 0.6) is 0 Å². The van der Waals surface area contributed by atoms with Gasteiger partial charge in [-0.15, -0.1) is 0 Å². The van der Waals surface area contributed by atoms with Gasteiger partial charge in [-0.3, -0.25) is 27.9 Å². The summed E-state index contributed by atoms with van der Waals surface area (Å²) in [7, 11) is -15.8. The molecule has 1 aromatic heterocycles. The van der Waals surface area contributed by atoms with E-state index in [0.717, 1.165) is 62.4 Å². The first-order chi connectivity index (χ1) is 27.2. The molecule has 0 spiro atoms. The van der Waals surface area contributed by atoms with Crippen LogP contribution < -0.4 is 11.2 Å². The molecule has 2 rings (SSSR count). The van der Waals surface area contributed by atoms with Crippen molar-refractivity contribution in [1.29, 1.82) is 0 Å². The molecule has 0 amide bonds. The molecule has 0 saturated carbocycles. The van der Waals surface area contributed by atoms with Crippen molar-refractivity contribution in [2.45, 2.75) is 180 Å². The summed E-state index contributed by atoms with van der Waals surface area (Å²) in [6.07, 6.45) is 22.8. The first-order valence-corrected chi connectivity index (χ1v) is 26.2. The number of H-pyrrole nitrogens is 1. The molecule has 20 heteroatoms. The Morgan fingerprint density at radius 2 is 1.19 bits per heavy atom. The second kappa shape index (κ2) is 29.5. The maximum absolute atomic E-state index is 13.5. The van der Waals surface area contributed by atoms with Crippen molar-refractivity contribution in [2.24, 2.45) is 0 Å². The summed E-state index contributed by atoms with van der Waals surface area (Å²) in [6, 6.07) is 0. The molecular weight excluding hydrogens is 869 g/mol. The standard InChI is InChI=1S/C37H68BrN2O14P3/c1-3-5-7-9-11-12-13-14-15-16-17-18-19-20-22-24-28-50-57(48,49-27-23-21-10-8-6-4-2)54-56(46,47)53-55(44,45)51-31-34-33(41)29-35(52-34)40-30-32(25-26-38)36(42)39-37(40)43/h25-26,30,33-35,41H,3-24,27-29,31H2,1-2H3,(H,44,45)(H,46,47)(H,39,42,43)/b26-25+/t33?,34-,35-,57?/m1/s1. The molecule has 4 N–H and O–H groups in total. The SMILES string of the molecule is CCCCCCCCCCCCCCCCCCOP(=O)(OCCCCCCCC)OP(=O)(O)OP(=O)(O)OC[C@H]1O[C@@H](n2cc(/C=C/Br)c(=O)[nH]c2=O)CC1O. The van der Waals surface area contributed by atoms with Crippen LogP contribution >= 0.6 is 39.4 Å². The molecule has 6 atom stereocenters. The molecule has 1 aliphatic heterocycles. The number of hydrogen-bond acceptors (Lipinski definition) is 12. The fourth-order valence-electron chi connectivity index (χ4n) is 6.37. The van der Waals surface area contributed by atoms with Crippen LogP contribution in [0, 0.1) is 0 Å².